The summed E-state index contributed by atoms with van der Waals surface area (Å²) in [4.78, 5) is 2.32. The van der Waals surface area contributed by atoms with Gasteiger partial charge in [0.1, 0.15) is 0 Å². The zero-order valence-corrected chi connectivity index (χ0v) is 13.7. The van der Waals surface area contributed by atoms with Crippen molar-refractivity contribution in [3.05, 3.63) is 30.3 Å². The third-order valence-electron chi connectivity index (χ3n) is 4.83. The summed E-state index contributed by atoms with van der Waals surface area (Å²) in [7, 11) is 2.15. The van der Waals surface area contributed by atoms with Crippen LogP contribution in [0.15, 0.2) is 30.3 Å². The van der Waals surface area contributed by atoms with Gasteiger partial charge >= 0.3 is 0 Å². The number of rotatable bonds is 7. The largest absolute Gasteiger partial charge is 0.394 e. The fourth-order valence-corrected chi connectivity index (χ4v) is 3.74. The van der Waals surface area contributed by atoms with E-state index in [0.29, 0.717) is 12.0 Å². The van der Waals surface area contributed by atoms with Crippen LogP contribution in [0.25, 0.3) is 0 Å². The first-order valence-corrected chi connectivity index (χ1v) is 8.22. The summed E-state index contributed by atoms with van der Waals surface area (Å²) in [6.07, 6.45) is 4.68. The number of para-hydroxylation sites is 1. The van der Waals surface area contributed by atoms with Gasteiger partial charge in [-0.2, -0.15) is 0 Å². The Kier molecular flexibility index (Phi) is 5.65. The highest BCUT2D eigenvalue weighted by Gasteiger charge is 2.42. The molecule has 3 heteroatoms. The molecule has 0 heterocycles. The number of nitrogens with zero attached hydrogens (tertiary/aromatic N) is 1. The van der Waals surface area contributed by atoms with E-state index in [1.807, 2.05) is 0 Å². The van der Waals surface area contributed by atoms with Gasteiger partial charge in [-0.1, -0.05) is 38.5 Å². The monoisotopic (exact) mass is 290 g/mol. The highest BCUT2D eigenvalue weighted by molar-refractivity contribution is 5.44. The highest BCUT2D eigenvalue weighted by atomic mass is 16.3. The Balaban J connectivity index is 1.95. The fourth-order valence-electron chi connectivity index (χ4n) is 3.74. The van der Waals surface area contributed by atoms with Crippen molar-refractivity contribution in [1.29, 1.82) is 0 Å². The van der Waals surface area contributed by atoms with Gasteiger partial charge in [0.15, 0.2) is 0 Å². The van der Waals surface area contributed by atoms with Gasteiger partial charge in [0.2, 0.25) is 0 Å². The first kappa shape index (κ1) is 16.3. The van der Waals surface area contributed by atoms with E-state index in [1.54, 1.807) is 0 Å². The summed E-state index contributed by atoms with van der Waals surface area (Å²) in [6, 6.07) is 10.9. The Morgan fingerprint density at radius 2 is 2.05 bits per heavy atom. The van der Waals surface area contributed by atoms with Crippen LogP contribution in [-0.4, -0.2) is 36.9 Å². The number of benzene rings is 1. The lowest BCUT2D eigenvalue weighted by Crippen LogP contribution is -2.54. The van der Waals surface area contributed by atoms with Crippen molar-refractivity contribution in [3.63, 3.8) is 0 Å². The zero-order chi connectivity index (χ0) is 15.3. The van der Waals surface area contributed by atoms with Crippen molar-refractivity contribution in [2.75, 3.05) is 25.1 Å². The average molecular weight is 290 g/mol. The van der Waals surface area contributed by atoms with Crippen LogP contribution in [0.1, 0.15) is 39.5 Å². The lowest BCUT2D eigenvalue weighted by molar-refractivity contribution is 0.111. The van der Waals surface area contributed by atoms with E-state index in [2.05, 4.69) is 61.4 Å². The molecule has 1 saturated carbocycles. The molecule has 2 unspecified atom stereocenters. The maximum absolute atomic E-state index is 9.94. The molecule has 1 aliphatic rings. The second-order valence-electron chi connectivity index (χ2n) is 6.75. The van der Waals surface area contributed by atoms with Gasteiger partial charge in [-0.3, -0.25) is 0 Å². The van der Waals surface area contributed by atoms with Crippen molar-refractivity contribution >= 4 is 5.69 Å². The molecule has 118 valence electrons. The van der Waals surface area contributed by atoms with Crippen LogP contribution in [-0.2, 0) is 0 Å². The molecule has 0 aliphatic heterocycles. The summed E-state index contributed by atoms with van der Waals surface area (Å²) in [6.45, 7) is 5.63. The Morgan fingerprint density at radius 3 is 2.67 bits per heavy atom. The molecule has 0 amide bonds. The van der Waals surface area contributed by atoms with E-state index >= 15 is 0 Å². The molecule has 2 N–H and O–H groups in total. The molecule has 2 rings (SSSR count). The van der Waals surface area contributed by atoms with Crippen LogP contribution in [0.4, 0.5) is 5.69 Å². The highest BCUT2D eigenvalue weighted by Crippen LogP contribution is 2.38. The van der Waals surface area contributed by atoms with Crippen molar-refractivity contribution < 1.29 is 5.11 Å². The summed E-state index contributed by atoms with van der Waals surface area (Å²) >= 11 is 0. The molecule has 1 aromatic carbocycles. The topological polar surface area (TPSA) is 35.5 Å². The molecule has 1 aromatic rings. The minimum atomic E-state index is -0.0638. The Morgan fingerprint density at radius 1 is 1.33 bits per heavy atom. The summed E-state index contributed by atoms with van der Waals surface area (Å²) in [5.74, 6) is 0.566. The second kappa shape index (κ2) is 7.28. The predicted octanol–water partition coefficient (Wildman–Crippen LogP) is 3.04. The number of aliphatic hydroxyl groups excluding tert-OH is 1. The normalized spacial score (nSPS) is 25.5. The van der Waals surface area contributed by atoms with E-state index < -0.39 is 0 Å². The van der Waals surface area contributed by atoms with Crippen LogP contribution >= 0.6 is 0 Å². The lowest BCUT2D eigenvalue weighted by atomic mass is 9.84. The SMILES string of the molecule is CC(C)NC1(CO)CCCC1CCN(C)c1ccccc1. The quantitative estimate of drug-likeness (QED) is 0.810. The molecular formula is C18H30N2O. The maximum atomic E-state index is 9.94. The summed E-state index contributed by atoms with van der Waals surface area (Å²) in [5, 5.41) is 13.6. The molecule has 2 atom stereocenters. The summed E-state index contributed by atoms with van der Waals surface area (Å²) < 4.78 is 0. The minimum absolute atomic E-state index is 0.0638. The molecule has 0 spiro atoms. The van der Waals surface area contributed by atoms with Crippen molar-refractivity contribution in [2.24, 2.45) is 5.92 Å². The Labute approximate surface area is 129 Å². The van der Waals surface area contributed by atoms with Gasteiger partial charge in [-0.05, 0) is 37.3 Å². The van der Waals surface area contributed by atoms with Crippen LogP contribution in [0.3, 0.4) is 0 Å². The number of nitrogens with one attached hydrogen (secondary N) is 1. The van der Waals surface area contributed by atoms with E-state index in [4.69, 9.17) is 0 Å². The lowest BCUT2D eigenvalue weighted by Gasteiger charge is -2.37. The van der Waals surface area contributed by atoms with Crippen LogP contribution < -0.4 is 10.2 Å². The standard InChI is InChI=1S/C18H30N2O/c1-15(2)19-18(14-21)12-7-8-16(18)11-13-20(3)17-9-5-4-6-10-17/h4-6,9-10,15-16,19,21H,7-8,11-14H2,1-3H3. The number of aliphatic hydroxyl groups is 1. The Bertz CT molecular complexity index is 420. The molecule has 21 heavy (non-hydrogen) atoms. The maximum Gasteiger partial charge on any atom is 0.0616 e. The third-order valence-corrected chi connectivity index (χ3v) is 4.83. The number of hydrogen-bond donors (Lipinski definition) is 2. The van der Waals surface area contributed by atoms with E-state index in [0.717, 1.165) is 19.4 Å². The first-order valence-electron chi connectivity index (χ1n) is 8.22. The smallest absolute Gasteiger partial charge is 0.0616 e. The van der Waals surface area contributed by atoms with Crippen LogP contribution in [0.2, 0.25) is 0 Å². The van der Waals surface area contributed by atoms with Crippen LogP contribution in [0, 0.1) is 5.92 Å². The van der Waals surface area contributed by atoms with E-state index in [9.17, 15) is 5.11 Å². The summed E-state index contributed by atoms with van der Waals surface area (Å²) in [5.41, 5.74) is 1.20. The predicted molar refractivity (Wildman–Crippen MR) is 89.8 cm³/mol. The van der Waals surface area contributed by atoms with Gasteiger partial charge in [-0.25, -0.2) is 0 Å². The fraction of sp³-hybridized carbons (Fsp3) is 0.667. The van der Waals surface area contributed by atoms with Gasteiger partial charge in [0.05, 0.1) is 6.61 Å². The molecule has 0 aromatic heterocycles. The molecule has 1 fully saturated rings. The molecule has 0 bridgehead atoms. The second-order valence-corrected chi connectivity index (χ2v) is 6.75. The molecule has 0 radical (unpaired) electrons. The molecular weight excluding hydrogens is 260 g/mol. The first-order chi connectivity index (χ1) is 10.1. The van der Waals surface area contributed by atoms with Gasteiger partial charge < -0.3 is 15.3 Å². The van der Waals surface area contributed by atoms with E-state index in [-0.39, 0.29) is 12.1 Å². The molecule has 3 nitrogen and oxygen atoms in total. The zero-order valence-electron chi connectivity index (χ0n) is 13.7. The number of anilines is 1. The van der Waals surface area contributed by atoms with Crippen molar-refractivity contribution in [1.82, 2.24) is 5.32 Å². The third kappa shape index (κ3) is 3.98. The van der Waals surface area contributed by atoms with Gasteiger partial charge in [0, 0.05) is 30.9 Å². The average Bonchev–Trinajstić information content (AvgIpc) is 2.88. The van der Waals surface area contributed by atoms with Gasteiger partial charge in [-0.15, -0.1) is 0 Å². The molecule has 1 aliphatic carbocycles. The number of hydrogen-bond acceptors (Lipinski definition) is 3. The molecule has 0 saturated heterocycles. The van der Waals surface area contributed by atoms with E-state index in [1.165, 1.54) is 18.5 Å². The van der Waals surface area contributed by atoms with Gasteiger partial charge in [0.25, 0.3) is 0 Å². The minimum Gasteiger partial charge on any atom is -0.394 e. The van der Waals surface area contributed by atoms with Crippen LogP contribution in [0.5, 0.6) is 0 Å². The Hall–Kier alpha value is -1.06. The van der Waals surface area contributed by atoms with Crippen molar-refractivity contribution in [2.45, 2.75) is 51.1 Å². The van der Waals surface area contributed by atoms with Crippen molar-refractivity contribution in [3.8, 4) is 0 Å².